The second-order valence-electron chi connectivity index (χ2n) is 5.30. The molecule has 1 nitrogen and oxygen atoms in total. The highest BCUT2D eigenvalue weighted by atomic mass is 16.5. The molecule has 0 N–H and O–H groups in total. The average Bonchev–Trinajstić information content (AvgIpc) is 2.80. The molecule has 17 heavy (non-hydrogen) atoms. The molecule has 0 radical (unpaired) electrons. The zero-order valence-corrected chi connectivity index (χ0v) is 10.9. The maximum Gasteiger partial charge on any atom is 0.120 e. The first kappa shape index (κ1) is 12.2. The first-order valence-electron chi connectivity index (χ1n) is 6.58. The highest BCUT2D eigenvalue weighted by molar-refractivity contribution is 5.48. The molecule has 0 bridgehead atoms. The molecule has 0 atom stereocenters. The lowest BCUT2D eigenvalue weighted by atomic mass is 9.88. The highest BCUT2D eigenvalue weighted by Gasteiger charge is 2.39. The van der Waals surface area contributed by atoms with Gasteiger partial charge in [0, 0.05) is 0 Å². The zero-order chi connectivity index (χ0) is 12.3. The molecule has 1 fully saturated rings. The predicted molar refractivity (Wildman–Crippen MR) is 73.2 cm³/mol. The van der Waals surface area contributed by atoms with E-state index in [1.165, 1.54) is 25.7 Å². The second kappa shape index (κ2) is 4.95. The van der Waals surface area contributed by atoms with Crippen molar-refractivity contribution < 1.29 is 4.74 Å². The molecule has 0 saturated heterocycles. The molecule has 0 amide bonds. The molecule has 92 valence electrons. The van der Waals surface area contributed by atoms with E-state index < -0.39 is 0 Å². The van der Waals surface area contributed by atoms with E-state index >= 15 is 0 Å². The third-order valence-electron chi connectivity index (χ3n) is 3.94. The topological polar surface area (TPSA) is 9.23 Å². The molecular formula is C16H22O. The van der Waals surface area contributed by atoms with Crippen LogP contribution in [-0.2, 0) is 0 Å². The minimum atomic E-state index is 0.0652. The van der Waals surface area contributed by atoms with E-state index in [2.05, 4.69) is 44.7 Å². The van der Waals surface area contributed by atoms with Gasteiger partial charge in [0.15, 0.2) is 0 Å². The molecule has 0 aliphatic heterocycles. The van der Waals surface area contributed by atoms with Crippen molar-refractivity contribution in [3.63, 3.8) is 0 Å². The summed E-state index contributed by atoms with van der Waals surface area (Å²) in [5.41, 5.74) is 1.21. The van der Waals surface area contributed by atoms with E-state index in [1.807, 2.05) is 6.08 Å². The molecule has 1 heteroatoms. The minimum absolute atomic E-state index is 0.0652. The van der Waals surface area contributed by atoms with Crippen LogP contribution in [0.5, 0.6) is 5.75 Å². The van der Waals surface area contributed by atoms with Gasteiger partial charge in [-0.25, -0.2) is 0 Å². The number of benzene rings is 1. The van der Waals surface area contributed by atoms with Crippen molar-refractivity contribution in [3.05, 3.63) is 36.4 Å². The fourth-order valence-corrected chi connectivity index (χ4v) is 2.68. The highest BCUT2D eigenvalue weighted by Crippen LogP contribution is 2.39. The summed E-state index contributed by atoms with van der Waals surface area (Å²) in [5, 5.41) is 0. The van der Waals surface area contributed by atoms with E-state index in [1.54, 1.807) is 0 Å². The Morgan fingerprint density at radius 3 is 2.24 bits per heavy atom. The lowest BCUT2D eigenvalue weighted by molar-refractivity contribution is 0.0289. The molecular weight excluding hydrogens is 208 g/mol. The molecule has 2 rings (SSSR count). The minimum Gasteiger partial charge on any atom is -0.487 e. The number of hydrogen-bond donors (Lipinski definition) is 0. The van der Waals surface area contributed by atoms with Gasteiger partial charge in [-0.3, -0.25) is 0 Å². The van der Waals surface area contributed by atoms with Crippen LogP contribution in [0.4, 0.5) is 0 Å². The standard InChI is InChI=1S/C16H22O/c1-4-14-7-9-15(10-8-14)17-16(13(2)3)11-5-6-12-16/h4,7-10,13H,1,5-6,11-12H2,2-3H3. The fraction of sp³-hybridized carbons (Fsp3) is 0.500. The van der Waals surface area contributed by atoms with Gasteiger partial charge in [0.25, 0.3) is 0 Å². The second-order valence-corrected chi connectivity index (χ2v) is 5.30. The van der Waals surface area contributed by atoms with E-state index in [-0.39, 0.29) is 5.60 Å². The summed E-state index contributed by atoms with van der Waals surface area (Å²) in [5.74, 6) is 1.57. The average molecular weight is 230 g/mol. The Labute approximate surface area is 104 Å². The Kier molecular flexibility index (Phi) is 3.56. The van der Waals surface area contributed by atoms with Gasteiger partial charge in [0.05, 0.1) is 0 Å². The van der Waals surface area contributed by atoms with Crippen LogP contribution in [0.15, 0.2) is 30.8 Å². The predicted octanol–water partition coefficient (Wildman–Crippen LogP) is 4.68. The van der Waals surface area contributed by atoms with Gasteiger partial charge in [-0.15, -0.1) is 0 Å². The van der Waals surface area contributed by atoms with Crippen molar-refractivity contribution in [3.8, 4) is 5.75 Å². The van der Waals surface area contributed by atoms with Gasteiger partial charge in [-0.05, 0) is 49.3 Å². The number of hydrogen-bond acceptors (Lipinski definition) is 1. The van der Waals surface area contributed by atoms with Crippen molar-refractivity contribution in [2.45, 2.75) is 45.1 Å². The summed E-state index contributed by atoms with van der Waals surface area (Å²) in [7, 11) is 0. The van der Waals surface area contributed by atoms with Crippen LogP contribution in [0, 0.1) is 5.92 Å². The summed E-state index contributed by atoms with van der Waals surface area (Å²) in [6.45, 7) is 8.30. The van der Waals surface area contributed by atoms with Crippen LogP contribution in [0.3, 0.4) is 0 Å². The normalized spacial score (nSPS) is 18.3. The number of ether oxygens (including phenoxy) is 1. The van der Waals surface area contributed by atoms with E-state index in [0.717, 1.165) is 11.3 Å². The summed E-state index contributed by atoms with van der Waals surface area (Å²) >= 11 is 0. The van der Waals surface area contributed by atoms with Gasteiger partial charge >= 0.3 is 0 Å². The summed E-state index contributed by atoms with van der Waals surface area (Å²) in [6.07, 6.45) is 6.82. The molecule has 0 aromatic heterocycles. The largest absolute Gasteiger partial charge is 0.487 e. The molecule has 1 saturated carbocycles. The Morgan fingerprint density at radius 1 is 1.18 bits per heavy atom. The maximum absolute atomic E-state index is 6.29. The quantitative estimate of drug-likeness (QED) is 0.730. The van der Waals surface area contributed by atoms with Crippen LogP contribution < -0.4 is 4.74 Å². The first-order chi connectivity index (χ1) is 8.16. The SMILES string of the molecule is C=Cc1ccc(OC2(C(C)C)CCCC2)cc1. The van der Waals surface area contributed by atoms with Crippen LogP contribution in [-0.4, -0.2) is 5.60 Å². The third-order valence-corrected chi connectivity index (χ3v) is 3.94. The maximum atomic E-state index is 6.29. The zero-order valence-electron chi connectivity index (χ0n) is 10.9. The lowest BCUT2D eigenvalue weighted by Crippen LogP contribution is -2.38. The van der Waals surface area contributed by atoms with Crippen LogP contribution in [0.1, 0.15) is 45.1 Å². The van der Waals surface area contributed by atoms with Crippen molar-refractivity contribution in [1.29, 1.82) is 0 Å². The van der Waals surface area contributed by atoms with E-state index in [4.69, 9.17) is 4.74 Å². The number of rotatable bonds is 4. The molecule has 0 heterocycles. The van der Waals surface area contributed by atoms with E-state index in [0.29, 0.717) is 5.92 Å². The van der Waals surface area contributed by atoms with Crippen LogP contribution in [0.2, 0.25) is 0 Å². The summed E-state index contributed by atoms with van der Waals surface area (Å²) in [6, 6.07) is 8.23. The Morgan fingerprint density at radius 2 is 1.76 bits per heavy atom. The first-order valence-corrected chi connectivity index (χ1v) is 6.58. The van der Waals surface area contributed by atoms with Crippen molar-refractivity contribution in [1.82, 2.24) is 0 Å². The third kappa shape index (κ3) is 2.54. The van der Waals surface area contributed by atoms with E-state index in [9.17, 15) is 0 Å². The van der Waals surface area contributed by atoms with Crippen molar-refractivity contribution >= 4 is 6.08 Å². The molecule has 1 aromatic carbocycles. The van der Waals surface area contributed by atoms with Gasteiger partial charge in [-0.2, -0.15) is 0 Å². The van der Waals surface area contributed by atoms with Crippen molar-refractivity contribution in [2.24, 2.45) is 5.92 Å². The van der Waals surface area contributed by atoms with Gasteiger partial charge in [0.2, 0.25) is 0 Å². The molecule has 1 aliphatic rings. The molecule has 0 spiro atoms. The molecule has 1 aliphatic carbocycles. The Bertz CT molecular complexity index is 369. The summed E-state index contributed by atoms with van der Waals surface area (Å²) in [4.78, 5) is 0. The lowest BCUT2D eigenvalue weighted by Gasteiger charge is -2.34. The molecule has 0 unspecified atom stereocenters. The van der Waals surface area contributed by atoms with Gasteiger partial charge < -0.3 is 4.74 Å². The Hall–Kier alpha value is -1.24. The summed E-state index contributed by atoms with van der Waals surface area (Å²) < 4.78 is 6.29. The van der Waals surface area contributed by atoms with Gasteiger partial charge in [-0.1, -0.05) is 38.6 Å². The fourth-order valence-electron chi connectivity index (χ4n) is 2.68. The van der Waals surface area contributed by atoms with Gasteiger partial charge in [0.1, 0.15) is 11.4 Å². The van der Waals surface area contributed by atoms with Crippen molar-refractivity contribution in [2.75, 3.05) is 0 Å². The monoisotopic (exact) mass is 230 g/mol. The molecule has 1 aromatic rings. The van der Waals surface area contributed by atoms with Crippen LogP contribution >= 0.6 is 0 Å². The smallest absolute Gasteiger partial charge is 0.120 e. The Balaban J connectivity index is 2.14. The van der Waals surface area contributed by atoms with Crippen LogP contribution in [0.25, 0.3) is 6.08 Å².